The van der Waals surface area contributed by atoms with Gasteiger partial charge < -0.3 is 20.9 Å². The van der Waals surface area contributed by atoms with Gasteiger partial charge in [-0.2, -0.15) is 5.10 Å². The lowest BCUT2D eigenvalue weighted by Crippen LogP contribution is -2.21. The topological polar surface area (TPSA) is 95.2 Å². The van der Waals surface area contributed by atoms with E-state index in [0.29, 0.717) is 6.61 Å². The van der Waals surface area contributed by atoms with Gasteiger partial charge in [-0.05, 0) is 26.0 Å². The standard InChI is InChI=1S/C13H18N4O2/c1-3-18-11-5-9-4-8(2)19-12(9)6-10(11)7-16-17-13(14)15/h5-8H,3-4H2,1-2H3,(H4,14,15,17)/b16-7+/t8-/m1/s1. The summed E-state index contributed by atoms with van der Waals surface area (Å²) in [5, 5.41) is 7.38. The summed E-state index contributed by atoms with van der Waals surface area (Å²) in [5.74, 6) is 1.54. The van der Waals surface area contributed by atoms with Gasteiger partial charge in [0.1, 0.15) is 17.6 Å². The van der Waals surface area contributed by atoms with Gasteiger partial charge in [-0.15, -0.1) is 5.10 Å². The molecule has 0 aromatic heterocycles. The van der Waals surface area contributed by atoms with E-state index in [2.05, 4.69) is 10.2 Å². The SMILES string of the molecule is CCOc1cc2c(cc1/C=N/N=C(N)N)O[C@H](C)C2. The summed E-state index contributed by atoms with van der Waals surface area (Å²) in [6.07, 6.45) is 2.63. The third kappa shape index (κ3) is 3.15. The highest BCUT2D eigenvalue weighted by atomic mass is 16.5. The Morgan fingerprint density at radius 3 is 3.00 bits per heavy atom. The second kappa shape index (κ2) is 5.60. The Morgan fingerprint density at radius 1 is 1.53 bits per heavy atom. The van der Waals surface area contributed by atoms with Crippen LogP contribution in [0.2, 0.25) is 0 Å². The van der Waals surface area contributed by atoms with Gasteiger partial charge in [0, 0.05) is 17.5 Å². The Morgan fingerprint density at radius 2 is 2.32 bits per heavy atom. The van der Waals surface area contributed by atoms with E-state index in [1.165, 1.54) is 0 Å². The number of guanidine groups is 1. The number of fused-ring (bicyclic) bond motifs is 1. The van der Waals surface area contributed by atoms with Crippen molar-refractivity contribution in [1.82, 2.24) is 0 Å². The van der Waals surface area contributed by atoms with Gasteiger partial charge in [-0.1, -0.05) is 0 Å². The van der Waals surface area contributed by atoms with Crippen LogP contribution in [0, 0.1) is 0 Å². The van der Waals surface area contributed by atoms with Gasteiger partial charge in [-0.3, -0.25) is 0 Å². The highest BCUT2D eigenvalue weighted by Crippen LogP contribution is 2.34. The van der Waals surface area contributed by atoms with Crippen molar-refractivity contribution in [3.63, 3.8) is 0 Å². The Labute approximate surface area is 112 Å². The zero-order valence-electron chi connectivity index (χ0n) is 11.1. The smallest absolute Gasteiger partial charge is 0.211 e. The first kappa shape index (κ1) is 13.2. The maximum Gasteiger partial charge on any atom is 0.211 e. The summed E-state index contributed by atoms with van der Waals surface area (Å²) >= 11 is 0. The van der Waals surface area contributed by atoms with Crippen LogP contribution in [0.15, 0.2) is 22.3 Å². The van der Waals surface area contributed by atoms with E-state index in [-0.39, 0.29) is 12.1 Å². The summed E-state index contributed by atoms with van der Waals surface area (Å²) in [5.41, 5.74) is 12.4. The fraction of sp³-hybridized carbons (Fsp3) is 0.385. The molecular formula is C13H18N4O2. The van der Waals surface area contributed by atoms with Crippen LogP contribution in [-0.4, -0.2) is 24.9 Å². The molecular weight excluding hydrogens is 244 g/mol. The van der Waals surface area contributed by atoms with Crippen molar-refractivity contribution in [2.45, 2.75) is 26.4 Å². The summed E-state index contributed by atoms with van der Waals surface area (Å²) in [6, 6.07) is 3.88. The van der Waals surface area contributed by atoms with Crippen LogP contribution >= 0.6 is 0 Å². The zero-order chi connectivity index (χ0) is 13.8. The van der Waals surface area contributed by atoms with Crippen LogP contribution in [0.5, 0.6) is 11.5 Å². The largest absolute Gasteiger partial charge is 0.493 e. The van der Waals surface area contributed by atoms with Crippen LogP contribution in [0.3, 0.4) is 0 Å². The summed E-state index contributed by atoms with van der Waals surface area (Å²) in [7, 11) is 0. The maximum absolute atomic E-state index is 5.71. The summed E-state index contributed by atoms with van der Waals surface area (Å²) in [6.45, 7) is 4.55. The number of hydrogen-bond donors (Lipinski definition) is 2. The fourth-order valence-corrected chi connectivity index (χ4v) is 1.99. The van der Waals surface area contributed by atoms with Crippen molar-refractivity contribution in [2.75, 3.05) is 6.61 Å². The zero-order valence-corrected chi connectivity index (χ0v) is 11.1. The Bertz CT molecular complexity index is 522. The molecule has 1 aromatic rings. The average Bonchev–Trinajstić information content (AvgIpc) is 2.68. The molecule has 0 saturated heterocycles. The molecule has 0 bridgehead atoms. The predicted octanol–water partition coefficient (Wildman–Crippen LogP) is 1.02. The molecule has 0 aliphatic carbocycles. The van der Waals surface area contributed by atoms with Crippen molar-refractivity contribution in [1.29, 1.82) is 0 Å². The van der Waals surface area contributed by atoms with Crippen molar-refractivity contribution in [3.05, 3.63) is 23.3 Å². The second-order valence-electron chi connectivity index (χ2n) is 4.33. The molecule has 1 aliphatic heterocycles. The first-order valence-corrected chi connectivity index (χ1v) is 6.18. The molecule has 2 rings (SSSR count). The van der Waals surface area contributed by atoms with Crippen molar-refractivity contribution < 1.29 is 9.47 Å². The van der Waals surface area contributed by atoms with Crippen LogP contribution in [-0.2, 0) is 6.42 Å². The minimum atomic E-state index is -0.0831. The van der Waals surface area contributed by atoms with Gasteiger partial charge in [-0.25, -0.2) is 0 Å². The number of rotatable bonds is 4. The van der Waals surface area contributed by atoms with Crippen LogP contribution in [0.25, 0.3) is 0 Å². The van der Waals surface area contributed by atoms with Gasteiger partial charge in [0.15, 0.2) is 0 Å². The molecule has 19 heavy (non-hydrogen) atoms. The van der Waals surface area contributed by atoms with Crippen molar-refractivity contribution in [3.8, 4) is 11.5 Å². The average molecular weight is 262 g/mol. The summed E-state index contributed by atoms with van der Waals surface area (Å²) < 4.78 is 11.3. The van der Waals surface area contributed by atoms with Gasteiger partial charge in [0.25, 0.3) is 0 Å². The van der Waals surface area contributed by atoms with E-state index in [9.17, 15) is 0 Å². The van der Waals surface area contributed by atoms with E-state index in [1.807, 2.05) is 26.0 Å². The third-order valence-corrected chi connectivity index (χ3v) is 2.70. The number of nitrogens with zero attached hydrogens (tertiary/aromatic N) is 2. The first-order valence-electron chi connectivity index (χ1n) is 6.18. The minimum Gasteiger partial charge on any atom is -0.493 e. The molecule has 102 valence electrons. The monoisotopic (exact) mass is 262 g/mol. The highest BCUT2D eigenvalue weighted by Gasteiger charge is 2.21. The van der Waals surface area contributed by atoms with Crippen molar-refractivity contribution in [2.24, 2.45) is 21.7 Å². The molecule has 4 N–H and O–H groups in total. The molecule has 0 saturated carbocycles. The lowest BCUT2D eigenvalue weighted by molar-refractivity contribution is 0.254. The molecule has 1 heterocycles. The van der Waals surface area contributed by atoms with Crippen LogP contribution < -0.4 is 20.9 Å². The van der Waals surface area contributed by atoms with E-state index >= 15 is 0 Å². The molecule has 0 unspecified atom stereocenters. The van der Waals surface area contributed by atoms with E-state index in [0.717, 1.165) is 29.0 Å². The molecule has 0 amide bonds. The Kier molecular flexibility index (Phi) is 3.89. The lowest BCUT2D eigenvalue weighted by atomic mass is 10.1. The first-order chi connectivity index (χ1) is 9.10. The second-order valence-corrected chi connectivity index (χ2v) is 4.33. The predicted molar refractivity (Wildman–Crippen MR) is 74.8 cm³/mol. The van der Waals surface area contributed by atoms with Gasteiger partial charge in [0.2, 0.25) is 5.96 Å². The Balaban J connectivity index is 2.33. The molecule has 0 spiro atoms. The highest BCUT2D eigenvalue weighted by molar-refractivity contribution is 5.85. The minimum absolute atomic E-state index is 0.0831. The van der Waals surface area contributed by atoms with E-state index < -0.39 is 0 Å². The van der Waals surface area contributed by atoms with Crippen LogP contribution in [0.4, 0.5) is 0 Å². The molecule has 1 aliphatic rings. The fourth-order valence-electron chi connectivity index (χ4n) is 1.99. The lowest BCUT2D eigenvalue weighted by Gasteiger charge is -2.09. The molecule has 6 nitrogen and oxygen atoms in total. The molecule has 1 aromatic carbocycles. The normalized spacial score (nSPS) is 17.1. The summed E-state index contributed by atoms with van der Waals surface area (Å²) in [4.78, 5) is 0. The quantitative estimate of drug-likeness (QED) is 0.481. The number of benzene rings is 1. The van der Waals surface area contributed by atoms with E-state index in [1.54, 1.807) is 6.21 Å². The van der Waals surface area contributed by atoms with Crippen molar-refractivity contribution >= 4 is 12.2 Å². The number of hydrogen-bond acceptors (Lipinski definition) is 4. The molecule has 0 radical (unpaired) electrons. The molecule has 1 atom stereocenters. The Hall–Kier alpha value is -2.24. The van der Waals surface area contributed by atoms with Gasteiger partial charge in [0.05, 0.1) is 12.8 Å². The van der Waals surface area contributed by atoms with E-state index in [4.69, 9.17) is 20.9 Å². The molecule has 6 heteroatoms. The third-order valence-electron chi connectivity index (χ3n) is 2.70. The molecule has 0 fully saturated rings. The van der Waals surface area contributed by atoms with Crippen LogP contribution in [0.1, 0.15) is 25.0 Å². The number of ether oxygens (including phenoxy) is 2. The maximum atomic E-state index is 5.71. The van der Waals surface area contributed by atoms with Gasteiger partial charge >= 0.3 is 0 Å². The number of nitrogens with two attached hydrogens (primary N) is 2.